The lowest BCUT2D eigenvalue weighted by Gasteiger charge is -2.39. The molecule has 0 aromatic heterocycles. The number of thioether (sulfide) groups is 1. The highest BCUT2D eigenvalue weighted by Gasteiger charge is 2.59. The van der Waals surface area contributed by atoms with Crippen LogP contribution in [0.3, 0.4) is 0 Å². The summed E-state index contributed by atoms with van der Waals surface area (Å²) in [5.41, 5.74) is 2.62. The van der Waals surface area contributed by atoms with E-state index in [0.29, 0.717) is 4.91 Å². The molecule has 1 aromatic carbocycles. The van der Waals surface area contributed by atoms with E-state index in [1.807, 2.05) is 50.1 Å². The number of benzene rings is 1. The van der Waals surface area contributed by atoms with Crippen LogP contribution >= 0.6 is 22.2 Å². The number of hydrogen-bond acceptors (Lipinski definition) is 8. The number of carbonyl (C=O) groups is 1. The highest BCUT2D eigenvalue weighted by Crippen LogP contribution is 2.60. The molecule has 0 fully saturated rings. The maximum Gasteiger partial charge on any atom is 0.346 e. The second-order valence-corrected chi connectivity index (χ2v) is 9.09. The number of esters is 1. The molecule has 1 aromatic rings. The van der Waals surface area contributed by atoms with Gasteiger partial charge in [0.25, 0.3) is 5.23 Å². The Kier molecular flexibility index (Phi) is 5.37. The Balaban J connectivity index is 2.14. The van der Waals surface area contributed by atoms with Crippen LogP contribution in [0, 0.1) is 6.92 Å². The van der Waals surface area contributed by atoms with Gasteiger partial charge < -0.3 is 14.4 Å². The Morgan fingerprint density at radius 2 is 2.00 bits per heavy atom. The molecule has 0 N–H and O–H groups in total. The Morgan fingerprint density at radius 3 is 2.56 bits per heavy atom. The van der Waals surface area contributed by atoms with Crippen molar-refractivity contribution in [1.29, 1.82) is 0 Å². The molecule has 3 rings (SSSR count). The van der Waals surface area contributed by atoms with Gasteiger partial charge in [0.2, 0.25) is 4.33 Å². The summed E-state index contributed by atoms with van der Waals surface area (Å²) in [6.07, 6.45) is 0. The molecule has 7 nitrogen and oxygen atoms in total. The van der Waals surface area contributed by atoms with Gasteiger partial charge >= 0.3 is 5.97 Å². The number of allylic oxidation sites excluding steroid dienone is 1. The number of hydrazone groups is 1. The predicted octanol–water partition coefficient (Wildman–Crippen LogP) is 3.15. The van der Waals surface area contributed by atoms with Crippen LogP contribution in [0.5, 0.6) is 0 Å². The fraction of sp³-hybridized carbons (Fsp3) is 0.389. The first-order chi connectivity index (χ1) is 12.9. The van der Waals surface area contributed by atoms with Gasteiger partial charge in [-0.3, -0.25) is 0 Å². The number of methoxy groups -OCH3 is 1. The Bertz CT molecular complexity index is 890. The maximum atomic E-state index is 12.5. The van der Waals surface area contributed by atoms with E-state index in [2.05, 4.69) is 10.3 Å². The molecule has 2 aliphatic heterocycles. The second kappa shape index (κ2) is 7.42. The maximum absolute atomic E-state index is 12.5. The zero-order valence-electron chi connectivity index (χ0n) is 15.8. The molecule has 9 heteroatoms. The van der Waals surface area contributed by atoms with E-state index in [-0.39, 0.29) is 11.8 Å². The largest absolute Gasteiger partial charge is 0.475 e. The number of aryl methyl sites for hydroxylation is 1. The van der Waals surface area contributed by atoms with E-state index in [0.717, 1.165) is 16.9 Å². The van der Waals surface area contributed by atoms with Gasteiger partial charge in [-0.25, -0.2) is 14.6 Å². The second-order valence-electron chi connectivity index (χ2n) is 5.95. The van der Waals surface area contributed by atoms with Gasteiger partial charge in [0.1, 0.15) is 4.91 Å². The number of rotatable bonds is 3. The summed E-state index contributed by atoms with van der Waals surface area (Å²) in [6.45, 7) is 5.87. The quantitative estimate of drug-likeness (QED) is 0.563. The van der Waals surface area contributed by atoms with Crippen molar-refractivity contribution in [3.8, 4) is 0 Å². The zero-order chi connectivity index (χ0) is 19.8. The van der Waals surface area contributed by atoms with E-state index in [9.17, 15) is 9.59 Å². The molecule has 0 aliphatic carbocycles. The molecule has 2 unspecified atom stereocenters. The number of anilines is 1. The van der Waals surface area contributed by atoms with E-state index in [4.69, 9.17) is 9.47 Å². The van der Waals surface area contributed by atoms with Crippen molar-refractivity contribution >= 4 is 44.4 Å². The molecule has 0 bridgehead atoms. The van der Waals surface area contributed by atoms with E-state index in [1.54, 1.807) is 11.9 Å². The average Bonchev–Trinajstić information content (AvgIpc) is 3.12. The Morgan fingerprint density at radius 1 is 1.33 bits per heavy atom. The molecule has 2 heterocycles. The lowest BCUT2D eigenvalue weighted by Crippen LogP contribution is -2.48. The monoisotopic (exact) mass is 407 g/mol. The minimum absolute atomic E-state index is 0.278. The van der Waals surface area contributed by atoms with Gasteiger partial charge in [-0.2, -0.15) is 0 Å². The van der Waals surface area contributed by atoms with Gasteiger partial charge in [-0.05, 0) is 32.9 Å². The molecule has 27 heavy (non-hydrogen) atoms. The molecule has 0 saturated carbocycles. The van der Waals surface area contributed by atoms with Crippen LogP contribution in [0.2, 0.25) is 0 Å². The van der Waals surface area contributed by atoms with E-state index < -0.39 is 20.8 Å². The average molecular weight is 408 g/mol. The van der Waals surface area contributed by atoms with Crippen LogP contribution < -0.4 is 5.01 Å². The van der Waals surface area contributed by atoms with Crippen molar-refractivity contribution in [2.45, 2.75) is 25.1 Å². The summed E-state index contributed by atoms with van der Waals surface area (Å²) in [4.78, 5) is 26.8. The third-order valence-corrected chi connectivity index (χ3v) is 8.25. The van der Waals surface area contributed by atoms with Crippen molar-refractivity contribution in [3.63, 3.8) is 0 Å². The molecular formula is C18H21N3O4S2. The van der Waals surface area contributed by atoms with Crippen molar-refractivity contribution in [2.24, 2.45) is 5.10 Å². The first kappa shape index (κ1) is 19.5. The highest BCUT2D eigenvalue weighted by atomic mass is 32.2. The standard InChI is InChI=1S/C18H21N3O4S2/c1-6-25-16(23)15-13(3)20(4)18(26-15)21(14-9-7-12(2)8-10-14)19-17(24-5)27(18)11-22/h7-10H,6H2,1-5H3. The smallest absolute Gasteiger partial charge is 0.346 e. The summed E-state index contributed by atoms with van der Waals surface area (Å²) >= 11 is 1.26. The topological polar surface area (TPSA) is 71.4 Å². The van der Waals surface area contributed by atoms with Crippen LogP contribution in [0.25, 0.3) is 0 Å². The van der Waals surface area contributed by atoms with Crippen molar-refractivity contribution in [1.82, 2.24) is 4.90 Å². The SMILES string of the molecule is CCOC(=O)C1=C(C)N(C)C2(S1)N(c1ccc(C)cc1)N=C(OC)S2=C=O. The van der Waals surface area contributed by atoms with Crippen molar-refractivity contribution in [2.75, 3.05) is 25.8 Å². The molecule has 0 saturated heterocycles. The van der Waals surface area contributed by atoms with Crippen molar-refractivity contribution in [3.05, 3.63) is 40.4 Å². The molecule has 144 valence electrons. The lowest BCUT2D eigenvalue weighted by molar-refractivity contribution is -0.137. The van der Waals surface area contributed by atoms with Crippen LogP contribution in [0.1, 0.15) is 19.4 Å². The summed E-state index contributed by atoms with van der Waals surface area (Å²) in [6, 6.07) is 7.80. The predicted molar refractivity (Wildman–Crippen MR) is 109 cm³/mol. The highest BCUT2D eigenvalue weighted by molar-refractivity contribution is 8.36. The zero-order valence-corrected chi connectivity index (χ0v) is 17.4. The van der Waals surface area contributed by atoms with Gasteiger partial charge in [0.05, 0.1) is 19.4 Å². The number of ether oxygens (including phenoxy) is 2. The molecule has 0 amide bonds. The third kappa shape index (κ3) is 2.96. The first-order valence-corrected chi connectivity index (χ1v) is 10.4. The third-order valence-electron chi connectivity index (χ3n) is 4.38. The molecular weight excluding hydrogens is 386 g/mol. The summed E-state index contributed by atoms with van der Waals surface area (Å²) in [7, 11) is 2.17. The van der Waals surface area contributed by atoms with Gasteiger partial charge in [0.15, 0.2) is 5.23 Å². The van der Waals surface area contributed by atoms with E-state index >= 15 is 0 Å². The first-order valence-electron chi connectivity index (χ1n) is 8.33. The normalized spacial score (nSPS) is 24.3. The summed E-state index contributed by atoms with van der Waals surface area (Å²) < 4.78 is 9.59. The fourth-order valence-corrected chi connectivity index (χ4v) is 6.46. The molecule has 2 atom stereocenters. The van der Waals surface area contributed by atoms with Crippen LogP contribution in [-0.4, -0.2) is 46.4 Å². The van der Waals surface area contributed by atoms with Crippen molar-refractivity contribution < 1.29 is 19.1 Å². The van der Waals surface area contributed by atoms with Gasteiger partial charge in [-0.1, -0.05) is 29.5 Å². The number of hydrogen-bond donors (Lipinski definition) is 0. The fourth-order valence-electron chi connectivity index (χ4n) is 2.90. The molecule has 0 radical (unpaired) electrons. The molecule has 2 aliphatic rings. The number of carbonyl (C=O) groups excluding carboxylic acids is 2. The number of nitrogens with zero attached hydrogens (tertiary/aromatic N) is 3. The summed E-state index contributed by atoms with van der Waals surface area (Å²) in [5.74, 6) is -0.409. The van der Waals surface area contributed by atoms with Crippen LogP contribution in [-0.2, 0) is 19.1 Å². The Labute approximate surface area is 164 Å². The van der Waals surface area contributed by atoms with E-state index in [1.165, 1.54) is 18.9 Å². The van der Waals surface area contributed by atoms with Crippen LogP contribution in [0.15, 0.2) is 40.0 Å². The minimum atomic E-state index is -1.15. The Hall–Kier alpha value is -2.22. The van der Waals surface area contributed by atoms with Crippen LogP contribution in [0.4, 0.5) is 5.69 Å². The summed E-state index contributed by atoms with van der Waals surface area (Å²) in [5, 5.41) is 8.66. The van der Waals surface area contributed by atoms with Gasteiger partial charge in [0, 0.05) is 23.2 Å². The minimum Gasteiger partial charge on any atom is -0.475 e. The van der Waals surface area contributed by atoms with Gasteiger partial charge in [-0.15, -0.1) is 5.10 Å². The lowest BCUT2D eigenvalue weighted by atomic mass is 10.2. The molecule has 1 spiro atoms.